The summed E-state index contributed by atoms with van der Waals surface area (Å²) in [6.45, 7) is 2.73. The first-order chi connectivity index (χ1) is 15.2. The molecule has 3 aromatic rings. The molecule has 0 spiro atoms. The maximum Gasteiger partial charge on any atom is 0.130 e. The molecule has 1 aliphatic rings. The zero-order valence-corrected chi connectivity index (χ0v) is 18.9. The smallest absolute Gasteiger partial charge is 0.130 e. The number of aliphatic hydroxyl groups excluding tert-OH is 1. The minimum Gasteiger partial charge on any atom is -0.488 e. The SMILES string of the molecule is Cc1cccc(CO)c1Pc1cccc(CC2C=CC=CC2)c1OCc1ccccc1. The summed E-state index contributed by atoms with van der Waals surface area (Å²) in [5.41, 5.74) is 4.63. The molecule has 0 bridgehead atoms. The van der Waals surface area contributed by atoms with Crippen molar-refractivity contribution < 1.29 is 9.84 Å². The molecule has 3 heteroatoms. The Morgan fingerprint density at radius 1 is 0.935 bits per heavy atom. The van der Waals surface area contributed by atoms with Gasteiger partial charge in [0, 0.05) is 5.30 Å². The highest BCUT2D eigenvalue weighted by Gasteiger charge is 2.16. The second-order valence-corrected chi connectivity index (χ2v) is 9.26. The van der Waals surface area contributed by atoms with Crippen LogP contribution in [0.3, 0.4) is 0 Å². The Balaban J connectivity index is 1.67. The molecule has 0 radical (unpaired) electrons. The van der Waals surface area contributed by atoms with Crippen molar-refractivity contribution in [3.63, 3.8) is 0 Å². The fourth-order valence-electron chi connectivity index (χ4n) is 3.98. The number of aryl methyl sites for hydroxylation is 1. The van der Waals surface area contributed by atoms with Gasteiger partial charge in [-0.05, 0) is 53.2 Å². The largest absolute Gasteiger partial charge is 0.488 e. The van der Waals surface area contributed by atoms with Crippen molar-refractivity contribution in [3.05, 3.63) is 113 Å². The number of para-hydroxylation sites is 1. The highest BCUT2D eigenvalue weighted by atomic mass is 31.1. The lowest BCUT2D eigenvalue weighted by molar-refractivity contribution is 0.283. The lowest BCUT2D eigenvalue weighted by Gasteiger charge is -2.20. The maximum absolute atomic E-state index is 9.87. The van der Waals surface area contributed by atoms with Crippen LogP contribution < -0.4 is 15.3 Å². The van der Waals surface area contributed by atoms with E-state index in [-0.39, 0.29) is 6.61 Å². The van der Waals surface area contributed by atoms with Gasteiger partial charge in [-0.1, -0.05) is 99.6 Å². The summed E-state index contributed by atoms with van der Waals surface area (Å²) in [5, 5.41) is 12.3. The van der Waals surface area contributed by atoms with Gasteiger partial charge in [-0.15, -0.1) is 0 Å². The van der Waals surface area contributed by atoms with Crippen LogP contribution in [0, 0.1) is 12.8 Å². The first-order valence-electron chi connectivity index (χ1n) is 10.8. The maximum atomic E-state index is 9.87. The van der Waals surface area contributed by atoms with Crippen LogP contribution in [-0.4, -0.2) is 5.11 Å². The van der Waals surface area contributed by atoms with Gasteiger partial charge in [0.2, 0.25) is 0 Å². The third-order valence-corrected chi connectivity index (χ3v) is 7.29. The van der Waals surface area contributed by atoms with E-state index in [0.717, 1.165) is 24.2 Å². The second-order valence-electron chi connectivity index (χ2n) is 7.97. The first kappa shape index (κ1) is 21.6. The predicted octanol–water partition coefficient (Wildman–Crippen LogP) is 5.37. The van der Waals surface area contributed by atoms with Crippen molar-refractivity contribution in [2.75, 3.05) is 0 Å². The fraction of sp³-hybridized carbons (Fsp3) is 0.214. The third kappa shape index (κ3) is 5.53. The number of aliphatic hydroxyl groups is 1. The number of ether oxygens (including phenoxy) is 1. The summed E-state index contributed by atoms with van der Waals surface area (Å²) in [4.78, 5) is 0. The zero-order valence-electron chi connectivity index (χ0n) is 17.9. The summed E-state index contributed by atoms with van der Waals surface area (Å²) >= 11 is 0. The number of benzene rings is 3. The Hall–Kier alpha value is -2.67. The molecule has 1 N–H and O–H groups in total. The van der Waals surface area contributed by atoms with Gasteiger partial charge < -0.3 is 9.84 Å². The molecule has 3 aromatic carbocycles. The third-order valence-electron chi connectivity index (χ3n) is 5.66. The number of hydrogen-bond acceptors (Lipinski definition) is 2. The van der Waals surface area contributed by atoms with Crippen molar-refractivity contribution in [3.8, 4) is 5.75 Å². The van der Waals surface area contributed by atoms with Gasteiger partial charge in [-0.2, -0.15) is 0 Å². The van der Waals surface area contributed by atoms with Gasteiger partial charge >= 0.3 is 0 Å². The molecule has 2 unspecified atom stereocenters. The predicted molar refractivity (Wildman–Crippen MR) is 132 cm³/mol. The molecule has 0 fully saturated rings. The molecule has 0 saturated carbocycles. The Bertz CT molecular complexity index is 1070. The van der Waals surface area contributed by atoms with E-state index >= 15 is 0 Å². The van der Waals surface area contributed by atoms with Crippen molar-refractivity contribution in [1.29, 1.82) is 0 Å². The van der Waals surface area contributed by atoms with Crippen LogP contribution >= 0.6 is 8.58 Å². The van der Waals surface area contributed by atoms with E-state index in [4.69, 9.17) is 4.74 Å². The normalized spacial score (nSPS) is 15.6. The van der Waals surface area contributed by atoms with Crippen LogP contribution in [0.5, 0.6) is 5.75 Å². The number of rotatable bonds is 8. The van der Waals surface area contributed by atoms with Crippen molar-refractivity contribution in [2.45, 2.75) is 33.0 Å². The van der Waals surface area contributed by atoms with Crippen molar-refractivity contribution in [1.82, 2.24) is 0 Å². The van der Waals surface area contributed by atoms with E-state index in [9.17, 15) is 5.11 Å². The molecular formula is C28H29O2P. The quantitative estimate of drug-likeness (QED) is 0.489. The van der Waals surface area contributed by atoms with Crippen LogP contribution in [0.15, 0.2) is 91.0 Å². The highest BCUT2D eigenvalue weighted by molar-refractivity contribution is 7.56. The highest BCUT2D eigenvalue weighted by Crippen LogP contribution is 2.30. The van der Waals surface area contributed by atoms with Gasteiger partial charge in [-0.3, -0.25) is 0 Å². The van der Waals surface area contributed by atoms with Crippen LogP contribution in [0.2, 0.25) is 0 Å². The molecular weight excluding hydrogens is 399 g/mol. The topological polar surface area (TPSA) is 29.5 Å². The molecule has 0 saturated heterocycles. The van der Waals surface area contributed by atoms with E-state index < -0.39 is 0 Å². The summed E-state index contributed by atoms with van der Waals surface area (Å²) in [5.74, 6) is 1.49. The Morgan fingerprint density at radius 3 is 2.52 bits per heavy atom. The molecule has 2 atom stereocenters. The van der Waals surface area contributed by atoms with Gasteiger partial charge in [0.25, 0.3) is 0 Å². The molecule has 0 heterocycles. The summed E-state index contributed by atoms with van der Waals surface area (Å²) in [7, 11) is 0.439. The Labute approximate surface area is 187 Å². The Kier molecular flexibility index (Phi) is 7.35. The summed E-state index contributed by atoms with van der Waals surface area (Å²) in [6, 6.07) is 23.0. The van der Waals surface area contributed by atoms with Gasteiger partial charge in [0.1, 0.15) is 12.4 Å². The van der Waals surface area contributed by atoms with Crippen molar-refractivity contribution in [2.24, 2.45) is 5.92 Å². The molecule has 31 heavy (non-hydrogen) atoms. The molecule has 0 aliphatic heterocycles. The fourth-order valence-corrected chi connectivity index (χ4v) is 5.38. The van der Waals surface area contributed by atoms with Crippen molar-refractivity contribution >= 4 is 19.2 Å². The van der Waals surface area contributed by atoms with E-state index in [0.29, 0.717) is 21.1 Å². The van der Waals surface area contributed by atoms with E-state index in [2.05, 4.69) is 67.6 Å². The summed E-state index contributed by atoms with van der Waals surface area (Å²) in [6.07, 6.45) is 10.8. The Morgan fingerprint density at radius 2 is 1.74 bits per heavy atom. The van der Waals surface area contributed by atoms with E-state index in [1.807, 2.05) is 30.3 Å². The molecule has 4 rings (SSSR count). The molecule has 158 valence electrons. The van der Waals surface area contributed by atoms with Gasteiger partial charge in [-0.25, -0.2) is 0 Å². The standard InChI is InChI=1S/C28H29O2P/c1-21-10-8-16-25(19-29)28(21)31-26-17-9-15-24(18-22-11-4-2-5-12-22)27(26)30-20-23-13-6-3-7-14-23/h2-11,13-17,22,29,31H,12,18-20H2,1H3. The minimum atomic E-state index is 0.0586. The van der Waals surface area contributed by atoms with E-state index in [1.54, 1.807) is 0 Å². The first-order valence-corrected chi connectivity index (χ1v) is 11.8. The number of allylic oxidation sites excluding steroid dienone is 4. The molecule has 1 aliphatic carbocycles. The van der Waals surface area contributed by atoms with Gasteiger partial charge in [0.15, 0.2) is 0 Å². The summed E-state index contributed by atoms with van der Waals surface area (Å²) < 4.78 is 6.48. The minimum absolute atomic E-state index is 0.0586. The van der Waals surface area contributed by atoms with Gasteiger partial charge in [0.05, 0.1) is 6.61 Å². The lowest BCUT2D eigenvalue weighted by Crippen LogP contribution is -2.16. The van der Waals surface area contributed by atoms with Crippen LogP contribution in [-0.2, 0) is 19.6 Å². The lowest BCUT2D eigenvalue weighted by atomic mass is 9.93. The zero-order chi connectivity index (χ0) is 21.5. The number of hydrogen-bond donors (Lipinski definition) is 1. The van der Waals surface area contributed by atoms with E-state index in [1.165, 1.54) is 27.3 Å². The second kappa shape index (κ2) is 10.6. The molecule has 0 amide bonds. The molecule has 0 aromatic heterocycles. The average Bonchev–Trinajstić information content (AvgIpc) is 2.81. The van der Waals surface area contributed by atoms with Crippen LogP contribution in [0.4, 0.5) is 0 Å². The van der Waals surface area contributed by atoms with Crippen LogP contribution in [0.1, 0.15) is 28.7 Å². The monoisotopic (exact) mass is 428 g/mol. The average molecular weight is 429 g/mol. The molecule has 2 nitrogen and oxygen atoms in total. The van der Waals surface area contributed by atoms with Crippen LogP contribution in [0.25, 0.3) is 0 Å².